The second-order valence-electron chi connectivity index (χ2n) is 5.93. The van der Waals surface area contributed by atoms with Crippen LogP contribution in [0.5, 0.6) is 0 Å². The summed E-state index contributed by atoms with van der Waals surface area (Å²) < 4.78 is 39.9. The molecule has 0 fully saturated rings. The molecule has 0 spiro atoms. The Morgan fingerprint density at radius 2 is 1.96 bits per heavy atom. The number of benzene rings is 1. The third-order valence-corrected chi connectivity index (χ3v) is 4.08. The molecule has 0 aliphatic rings. The van der Waals surface area contributed by atoms with E-state index in [1.165, 1.54) is 6.07 Å². The predicted molar refractivity (Wildman–Crippen MR) is 115 cm³/mol. The van der Waals surface area contributed by atoms with E-state index in [9.17, 15) is 13.2 Å². The van der Waals surface area contributed by atoms with Crippen molar-refractivity contribution in [2.24, 2.45) is 12.0 Å². The van der Waals surface area contributed by atoms with Crippen molar-refractivity contribution in [2.75, 3.05) is 13.6 Å². The number of hydrogen-bond acceptors (Lipinski definition) is 2. The van der Waals surface area contributed by atoms with Crippen molar-refractivity contribution in [3.05, 3.63) is 52.3 Å². The highest BCUT2D eigenvalue weighted by Crippen LogP contribution is 2.29. The molecule has 0 unspecified atom stereocenters. The first-order chi connectivity index (χ1) is 12.7. The zero-order valence-corrected chi connectivity index (χ0v) is 18.4. The quantitative estimate of drug-likeness (QED) is 0.291. The lowest BCUT2D eigenvalue weighted by molar-refractivity contribution is -0.137. The zero-order valence-electron chi connectivity index (χ0n) is 16.1. The highest BCUT2D eigenvalue weighted by molar-refractivity contribution is 14.0. The van der Waals surface area contributed by atoms with Gasteiger partial charge in [0.1, 0.15) is 0 Å². The van der Waals surface area contributed by atoms with Crippen LogP contribution in [-0.2, 0) is 19.8 Å². The van der Waals surface area contributed by atoms with Crippen LogP contribution >= 0.6 is 24.0 Å². The van der Waals surface area contributed by atoms with Crippen molar-refractivity contribution >= 4 is 29.9 Å². The molecule has 0 saturated carbocycles. The standard InChI is InChI=1S/C19H22F3N5.HI/c1-13-17(14(2)27(4)26-13)12-25-18(23-3)24-10-6-8-15-7-5-9-16(11-15)19(20,21)22;/h5,7,9,11H,10,12H2,1-4H3,(H2,23,24,25);1H. The zero-order chi connectivity index (χ0) is 20.0. The molecule has 152 valence electrons. The first-order valence-electron chi connectivity index (χ1n) is 8.32. The molecule has 28 heavy (non-hydrogen) atoms. The third kappa shape index (κ3) is 6.44. The molecular weight excluding hydrogens is 482 g/mol. The van der Waals surface area contributed by atoms with Gasteiger partial charge in [-0.25, -0.2) is 0 Å². The van der Waals surface area contributed by atoms with Gasteiger partial charge in [-0.2, -0.15) is 18.3 Å². The van der Waals surface area contributed by atoms with E-state index >= 15 is 0 Å². The van der Waals surface area contributed by atoms with Gasteiger partial charge in [-0.15, -0.1) is 24.0 Å². The second kappa shape index (κ2) is 10.4. The summed E-state index contributed by atoms with van der Waals surface area (Å²) in [4.78, 5) is 4.11. The summed E-state index contributed by atoms with van der Waals surface area (Å²) in [6.07, 6.45) is -4.37. The van der Waals surface area contributed by atoms with Crippen LogP contribution in [-0.4, -0.2) is 29.3 Å². The summed E-state index contributed by atoms with van der Waals surface area (Å²) in [6.45, 7) is 4.75. The van der Waals surface area contributed by atoms with E-state index in [-0.39, 0.29) is 30.5 Å². The summed E-state index contributed by atoms with van der Waals surface area (Å²) in [5, 5.41) is 10.6. The van der Waals surface area contributed by atoms with Crippen molar-refractivity contribution in [3.63, 3.8) is 0 Å². The van der Waals surface area contributed by atoms with Gasteiger partial charge in [0.15, 0.2) is 5.96 Å². The van der Waals surface area contributed by atoms with E-state index in [1.807, 2.05) is 25.6 Å². The molecule has 9 heteroatoms. The van der Waals surface area contributed by atoms with Crippen molar-refractivity contribution in [1.29, 1.82) is 0 Å². The number of aliphatic imine (C=N–C) groups is 1. The summed E-state index contributed by atoms with van der Waals surface area (Å²) in [5.41, 5.74) is 2.72. The Hall–Kier alpha value is -2.22. The van der Waals surface area contributed by atoms with E-state index < -0.39 is 11.7 Å². The van der Waals surface area contributed by atoms with Crippen LogP contribution in [0.4, 0.5) is 13.2 Å². The average Bonchev–Trinajstić information content (AvgIpc) is 2.86. The first-order valence-corrected chi connectivity index (χ1v) is 8.32. The van der Waals surface area contributed by atoms with E-state index in [2.05, 4.69) is 32.6 Å². The fourth-order valence-corrected chi connectivity index (χ4v) is 2.51. The number of rotatable bonds is 3. The van der Waals surface area contributed by atoms with Crippen molar-refractivity contribution in [3.8, 4) is 11.8 Å². The van der Waals surface area contributed by atoms with E-state index in [4.69, 9.17) is 0 Å². The van der Waals surface area contributed by atoms with Crippen molar-refractivity contribution in [1.82, 2.24) is 20.4 Å². The molecule has 2 aromatic rings. The molecule has 1 heterocycles. The van der Waals surface area contributed by atoms with E-state index in [0.29, 0.717) is 18.1 Å². The SMILES string of the molecule is CN=C(NCC#Cc1cccc(C(F)(F)F)c1)NCc1c(C)nn(C)c1C.I. The Bertz CT molecular complexity index is 891. The fraction of sp³-hybridized carbons (Fsp3) is 0.368. The van der Waals surface area contributed by atoms with Gasteiger partial charge >= 0.3 is 6.18 Å². The largest absolute Gasteiger partial charge is 0.416 e. The summed E-state index contributed by atoms with van der Waals surface area (Å²) in [6, 6.07) is 4.95. The Labute approximate surface area is 179 Å². The maximum Gasteiger partial charge on any atom is 0.416 e. The lowest BCUT2D eigenvalue weighted by atomic mass is 10.1. The van der Waals surface area contributed by atoms with Crippen LogP contribution in [0.2, 0.25) is 0 Å². The molecule has 0 saturated heterocycles. The lowest BCUT2D eigenvalue weighted by Gasteiger charge is -2.10. The second-order valence-corrected chi connectivity index (χ2v) is 5.93. The summed E-state index contributed by atoms with van der Waals surface area (Å²) in [7, 11) is 3.53. The Morgan fingerprint density at radius 1 is 1.25 bits per heavy atom. The van der Waals surface area contributed by atoms with Gasteiger partial charge in [0.25, 0.3) is 0 Å². The molecular formula is C19H23F3IN5. The maximum absolute atomic E-state index is 12.7. The maximum atomic E-state index is 12.7. The smallest absolute Gasteiger partial charge is 0.352 e. The third-order valence-electron chi connectivity index (χ3n) is 4.08. The summed E-state index contributed by atoms with van der Waals surface area (Å²) >= 11 is 0. The molecule has 2 rings (SSSR count). The van der Waals surface area contributed by atoms with Crippen LogP contribution in [0.15, 0.2) is 29.3 Å². The highest BCUT2D eigenvalue weighted by atomic mass is 127. The number of hydrogen-bond donors (Lipinski definition) is 2. The van der Waals surface area contributed by atoms with Gasteiger partial charge in [-0.1, -0.05) is 17.9 Å². The highest BCUT2D eigenvalue weighted by Gasteiger charge is 2.30. The molecule has 0 radical (unpaired) electrons. The average molecular weight is 505 g/mol. The number of nitrogens with one attached hydrogen (secondary N) is 2. The predicted octanol–water partition coefficient (Wildman–Crippen LogP) is 3.39. The van der Waals surface area contributed by atoms with Gasteiger partial charge in [-0.3, -0.25) is 9.67 Å². The molecule has 1 aromatic carbocycles. The topological polar surface area (TPSA) is 54.2 Å². The molecule has 0 aliphatic carbocycles. The van der Waals surface area contributed by atoms with Gasteiger partial charge in [-0.05, 0) is 32.0 Å². The molecule has 0 bridgehead atoms. The number of guanidine groups is 1. The number of aromatic nitrogens is 2. The normalized spacial score (nSPS) is 11.3. The molecule has 0 atom stereocenters. The van der Waals surface area contributed by atoms with Crippen LogP contribution in [0.1, 0.15) is 28.1 Å². The minimum Gasteiger partial charge on any atom is -0.352 e. The van der Waals surface area contributed by atoms with E-state index in [0.717, 1.165) is 29.1 Å². The minimum atomic E-state index is -4.37. The van der Waals surface area contributed by atoms with Gasteiger partial charge in [0.2, 0.25) is 0 Å². The number of alkyl halides is 3. The molecule has 5 nitrogen and oxygen atoms in total. The number of halogens is 4. The van der Waals surface area contributed by atoms with Crippen molar-refractivity contribution < 1.29 is 13.2 Å². The van der Waals surface area contributed by atoms with Gasteiger partial charge in [0.05, 0.1) is 17.8 Å². The monoisotopic (exact) mass is 505 g/mol. The Morgan fingerprint density at radius 3 is 2.54 bits per heavy atom. The molecule has 0 amide bonds. The van der Waals surface area contributed by atoms with Gasteiger partial charge < -0.3 is 10.6 Å². The van der Waals surface area contributed by atoms with Gasteiger partial charge in [0, 0.05) is 37.5 Å². The minimum absolute atomic E-state index is 0. The Balaban J connectivity index is 0.00000392. The van der Waals surface area contributed by atoms with Crippen LogP contribution in [0.3, 0.4) is 0 Å². The van der Waals surface area contributed by atoms with E-state index in [1.54, 1.807) is 13.1 Å². The molecule has 0 aliphatic heterocycles. The Kier molecular flexibility index (Phi) is 8.81. The van der Waals surface area contributed by atoms with Crippen LogP contribution < -0.4 is 10.6 Å². The lowest BCUT2D eigenvalue weighted by Crippen LogP contribution is -2.37. The molecule has 1 aromatic heterocycles. The van der Waals surface area contributed by atoms with Crippen molar-refractivity contribution in [2.45, 2.75) is 26.6 Å². The van der Waals surface area contributed by atoms with Crippen LogP contribution in [0.25, 0.3) is 0 Å². The number of aryl methyl sites for hydroxylation is 2. The number of nitrogens with zero attached hydrogens (tertiary/aromatic N) is 3. The first kappa shape index (κ1) is 23.8. The molecule has 2 N–H and O–H groups in total. The fourth-order valence-electron chi connectivity index (χ4n) is 2.51. The van der Waals surface area contributed by atoms with Crippen LogP contribution in [0, 0.1) is 25.7 Å². The summed E-state index contributed by atoms with van der Waals surface area (Å²) in [5.74, 6) is 6.08.